The van der Waals surface area contributed by atoms with Crippen molar-refractivity contribution >= 4 is 5.91 Å². The topological polar surface area (TPSA) is 32.3 Å². The molecule has 1 aliphatic rings. The van der Waals surface area contributed by atoms with E-state index in [0.717, 1.165) is 18.4 Å². The smallest absolute Gasteiger partial charge is 0.234 e. The number of likely N-dealkylation sites (N-methyl/N-ethyl adjacent to an activating group) is 1. The molecule has 3 rings (SSSR count). The highest BCUT2D eigenvalue weighted by Crippen LogP contribution is 2.24. The first-order chi connectivity index (χ1) is 11.5. The lowest BCUT2D eigenvalue weighted by Gasteiger charge is -2.24. The minimum atomic E-state index is 0.0345. The molecule has 24 heavy (non-hydrogen) atoms. The molecule has 0 spiro atoms. The Morgan fingerprint density at radius 1 is 1.12 bits per heavy atom. The Morgan fingerprint density at radius 3 is 2.29 bits per heavy atom. The van der Waals surface area contributed by atoms with Gasteiger partial charge in [0.15, 0.2) is 0 Å². The second-order valence-corrected chi connectivity index (χ2v) is 6.95. The van der Waals surface area contributed by atoms with Crippen molar-refractivity contribution < 1.29 is 4.79 Å². The molecule has 2 aromatic carbocycles. The SMILES string of the molecule is Cc1ccc(C(C)NC(=O)CN(C)C2Cc3ccccc3C2)cc1. The van der Waals surface area contributed by atoms with E-state index in [2.05, 4.69) is 65.7 Å². The van der Waals surface area contributed by atoms with Crippen LogP contribution < -0.4 is 5.32 Å². The Labute approximate surface area is 144 Å². The molecule has 3 nitrogen and oxygen atoms in total. The van der Waals surface area contributed by atoms with Crippen molar-refractivity contribution in [1.29, 1.82) is 0 Å². The molecule has 3 heteroatoms. The van der Waals surface area contributed by atoms with Gasteiger partial charge in [-0.2, -0.15) is 0 Å². The molecule has 0 heterocycles. The largest absolute Gasteiger partial charge is 0.348 e. The van der Waals surface area contributed by atoms with Crippen LogP contribution in [0.4, 0.5) is 0 Å². The fraction of sp³-hybridized carbons (Fsp3) is 0.381. The molecule has 0 saturated carbocycles. The molecule has 1 atom stereocenters. The summed E-state index contributed by atoms with van der Waals surface area (Å²) in [6.45, 7) is 4.55. The monoisotopic (exact) mass is 322 g/mol. The van der Waals surface area contributed by atoms with Crippen LogP contribution in [0.3, 0.4) is 0 Å². The van der Waals surface area contributed by atoms with Crippen LogP contribution in [0.15, 0.2) is 48.5 Å². The molecule has 0 bridgehead atoms. The maximum Gasteiger partial charge on any atom is 0.234 e. The van der Waals surface area contributed by atoms with Gasteiger partial charge in [0.25, 0.3) is 0 Å². The first-order valence-electron chi connectivity index (χ1n) is 8.66. The predicted octanol–water partition coefficient (Wildman–Crippen LogP) is 3.27. The second kappa shape index (κ2) is 7.18. The minimum Gasteiger partial charge on any atom is -0.348 e. The van der Waals surface area contributed by atoms with E-state index in [9.17, 15) is 4.79 Å². The van der Waals surface area contributed by atoms with Gasteiger partial charge in [-0.15, -0.1) is 0 Å². The van der Waals surface area contributed by atoms with E-state index in [1.165, 1.54) is 16.7 Å². The third kappa shape index (κ3) is 3.85. The number of nitrogens with zero attached hydrogens (tertiary/aromatic N) is 1. The number of rotatable bonds is 5. The van der Waals surface area contributed by atoms with Crippen LogP contribution in [-0.2, 0) is 17.6 Å². The molecular weight excluding hydrogens is 296 g/mol. The maximum absolute atomic E-state index is 12.4. The lowest BCUT2D eigenvalue weighted by Crippen LogP contribution is -2.41. The van der Waals surface area contributed by atoms with Gasteiger partial charge in [0.05, 0.1) is 12.6 Å². The van der Waals surface area contributed by atoms with Crippen LogP contribution in [-0.4, -0.2) is 30.4 Å². The van der Waals surface area contributed by atoms with Gasteiger partial charge in [-0.3, -0.25) is 9.69 Å². The zero-order valence-corrected chi connectivity index (χ0v) is 14.8. The lowest BCUT2D eigenvalue weighted by atomic mass is 10.1. The summed E-state index contributed by atoms with van der Waals surface area (Å²) in [4.78, 5) is 14.6. The highest BCUT2D eigenvalue weighted by molar-refractivity contribution is 5.78. The van der Waals surface area contributed by atoms with E-state index in [-0.39, 0.29) is 11.9 Å². The van der Waals surface area contributed by atoms with Crippen molar-refractivity contribution in [3.8, 4) is 0 Å². The Kier molecular flexibility index (Phi) is 5.00. The van der Waals surface area contributed by atoms with Crippen molar-refractivity contribution in [2.75, 3.05) is 13.6 Å². The summed E-state index contributed by atoms with van der Waals surface area (Å²) in [6, 6.07) is 17.4. The molecule has 0 aromatic heterocycles. The van der Waals surface area contributed by atoms with Crippen molar-refractivity contribution in [2.24, 2.45) is 0 Å². The Bertz CT molecular complexity index is 683. The first-order valence-corrected chi connectivity index (χ1v) is 8.66. The number of aryl methyl sites for hydroxylation is 1. The number of fused-ring (bicyclic) bond motifs is 1. The van der Waals surface area contributed by atoms with Gasteiger partial charge in [-0.05, 0) is 50.4 Å². The Morgan fingerprint density at radius 2 is 1.71 bits per heavy atom. The van der Waals surface area contributed by atoms with Gasteiger partial charge in [0.1, 0.15) is 0 Å². The number of carbonyl (C=O) groups is 1. The summed E-state index contributed by atoms with van der Waals surface area (Å²) in [6.07, 6.45) is 2.07. The predicted molar refractivity (Wildman–Crippen MR) is 98.0 cm³/mol. The van der Waals surface area contributed by atoms with Crippen LogP contribution >= 0.6 is 0 Å². The average Bonchev–Trinajstić information content (AvgIpc) is 2.99. The molecule has 1 N–H and O–H groups in total. The molecule has 1 unspecified atom stereocenters. The molecule has 2 aromatic rings. The first kappa shape index (κ1) is 16.7. The molecular formula is C21H26N2O. The Hall–Kier alpha value is -2.13. The van der Waals surface area contributed by atoms with E-state index in [1.807, 2.05) is 14.0 Å². The standard InChI is InChI=1S/C21H26N2O/c1-15-8-10-17(11-9-15)16(2)22-21(24)14-23(3)20-12-18-6-4-5-7-19(18)13-20/h4-11,16,20H,12-14H2,1-3H3,(H,22,24). The van der Waals surface area contributed by atoms with E-state index in [0.29, 0.717) is 12.6 Å². The summed E-state index contributed by atoms with van der Waals surface area (Å²) < 4.78 is 0. The average molecular weight is 322 g/mol. The number of benzene rings is 2. The highest BCUT2D eigenvalue weighted by Gasteiger charge is 2.25. The quantitative estimate of drug-likeness (QED) is 0.916. The van der Waals surface area contributed by atoms with Gasteiger partial charge >= 0.3 is 0 Å². The minimum absolute atomic E-state index is 0.0345. The summed E-state index contributed by atoms with van der Waals surface area (Å²) in [5, 5.41) is 3.11. The van der Waals surface area contributed by atoms with Crippen LogP contribution in [0.5, 0.6) is 0 Å². The van der Waals surface area contributed by atoms with Gasteiger partial charge in [-0.1, -0.05) is 54.1 Å². The summed E-state index contributed by atoms with van der Waals surface area (Å²) in [5.74, 6) is 0.0848. The van der Waals surface area contributed by atoms with Crippen molar-refractivity contribution in [3.05, 3.63) is 70.8 Å². The Balaban J connectivity index is 1.52. The van der Waals surface area contributed by atoms with Crippen LogP contribution in [0.25, 0.3) is 0 Å². The molecule has 0 saturated heterocycles. The molecule has 0 aliphatic heterocycles. The van der Waals surface area contributed by atoms with Gasteiger partial charge in [0, 0.05) is 6.04 Å². The number of nitrogens with one attached hydrogen (secondary N) is 1. The van der Waals surface area contributed by atoms with E-state index in [4.69, 9.17) is 0 Å². The molecule has 0 fully saturated rings. The van der Waals surface area contributed by atoms with Gasteiger partial charge < -0.3 is 5.32 Å². The number of amides is 1. The third-order valence-corrected chi connectivity index (χ3v) is 5.00. The van der Waals surface area contributed by atoms with Crippen molar-refractivity contribution in [3.63, 3.8) is 0 Å². The number of hydrogen-bond donors (Lipinski definition) is 1. The maximum atomic E-state index is 12.4. The molecule has 1 amide bonds. The summed E-state index contributed by atoms with van der Waals surface area (Å²) in [7, 11) is 2.05. The molecule has 0 radical (unpaired) electrons. The third-order valence-electron chi connectivity index (χ3n) is 5.00. The zero-order valence-electron chi connectivity index (χ0n) is 14.8. The highest BCUT2D eigenvalue weighted by atomic mass is 16.2. The fourth-order valence-corrected chi connectivity index (χ4v) is 3.43. The molecule has 126 valence electrons. The summed E-state index contributed by atoms with van der Waals surface area (Å²) >= 11 is 0. The van der Waals surface area contributed by atoms with Crippen LogP contribution in [0, 0.1) is 6.92 Å². The lowest BCUT2D eigenvalue weighted by molar-refractivity contribution is -0.123. The fourth-order valence-electron chi connectivity index (χ4n) is 3.43. The van der Waals surface area contributed by atoms with Gasteiger partial charge in [0.2, 0.25) is 5.91 Å². The zero-order chi connectivity index (χ0) is 17.1. The second-order valence-electron chi connectivity index (χ2n) is 6.95. The number of hydrogen-bond acceptors (Lipinski definition) is 2. The normalized spacial score (nSPS) is 15.3. The van der Waals surface area contributed by atoms with E-state index >= 15 is 0 Å². The molecule has 1 aliphatic carbocycles. The van der Waals surface area contributed by atoms with Crippen LogP contribution in [0.2, 0.25) is 0 Å². The van der Waals surface area contributed by atoms with Crippen molar-refractivity contribution in [1.82, 2.24) is 10.2 Å². The van der Waals surface area contributed by atoms with Crippen molar-refractivity contribution in [2.45, 2.75) is 38.8 Å². The van der Waals surface area contributed by atoms with Gasteiger partial charge in [-0.25, -0.2) is 0 Å². The van der Waals surface area contributed by atoms with E-state index < -0.39 is 0 Å². The van der Waals surface area contributed by atoms with E-state index in [1.54, 1.807) is 0 Å². The summed E-state index contributed by atoms with van der Waals surface area (Å²) in [5.41, 5.74) is 5.22. The van der Waals surface area contributed by atoms with Crippen LogP contribution in [0.1, 0.15) is 35.2 Å². The number of carbonyl (C=O) groups excluding carboxylic acids is 1.